The fraction of sp³-hybridized carbons (Fsp3) is 0.647. The van der Waals surface area contributed by atoms with Crippen LogP contribution in [0.3, 0.4) is 0 Å². The van der Waals surface area contributed by atoms with E-state index in [-0.39, 0.29) is 0 Å². The molecule has 0 saturated heterocycles. The predicted octanol–water partition coefficient (Wildman–Crippen LogP) is 4.28. The first-order valence-electron chi connectivity index (χ1n) is 7.70. The number of rotatable bonds is 7. The van der Waals surface area contributed by atoms with E-state index in [0.29, 0.717) is 0 Å². The third-order valence-corrected chi connectivity index (χ3v) is 4.09. The van der Waals surface area contributed by atoms with Crippen molar-refractivity contribution >= 4 is 0 Å². The molecule has 0 heterocycles. The van der Waals surface area contributed by atoms with E-state index in [1.807, 2.05) is 0 Å². The summed E-state index contributed by atoms with van der Waals surface area (Å²) in [4.78, 5) is 0. The molecule has 0 spiro atoms. The molecular weight excluding hydrogens is 218 g/mol. The number of hydrogen-bond donors (Lipinski definition) is 1. The van der Waals surface area contributed by atoms with Crippen molar-refractivity contribution in [2.24, 2.45) is 0 Å². The highest BCUT2D eigenvalue weighted by Crippen LogP contribution is 2.30. The van der Waals surface area contributed by atoms with Gasteiger partial charge in [-0.3, -0.25) is 0 Å². The Labute approximate surface area is 112 Å². The summed E-state index contributed by atoms with van der Waals surface area (Å²) in [6.07, 6.45) is 9.43. The number of hydrogen-bond acceptors (Lipinski definition) is 1. The Morgan fingerprint density at radius 3 is 2.94 bits per heavy atom. The summed E-state index contributed by atoms with van der Waals surface area (Å²) in [6, 6.07) is 9.01. The zero-order valence-corrected chi connectivity index (χ0v) is 11.8. The molecule has 1 aliphatic rings. The molecule has 0 aromatic heterocycles. The van der Waals surface area contributed by atoms with Crippen LogP contribution in [0.15, 0.2) is 24.3 Å². The van der Waals surface area contributed by atoms with E-state index >= 15 is 0 Å². The van der Waals surface area contributed by atoms with E-state index in [4.69, 9.17) is 0 Å². The number of benzene rings is 1. The van der Waals surface area contributed by atoms with Crippen molar-refractivity contribution in [1.29, 1.82) is 0 Å². The van der Waals surface area contributed by atoms with Gasteiger partial charge < -0.3 is 5.32 Å². The maximum absolute atomic E-state index is 3.65. The quantitative estimate of drug-likeness (QED) is 0.707. The molecular formula is C17H27N. The van der Waals surface area contributed by atoms with Crippen LogP contribution >= 0.6 is 0 Å². The van der Waals surface area contributed by atoms with Crippen LogP contribution in [0, 0.1) is 0 Å². The van der Waals surface area contributed by atoms with Gasteiger partial charge >= 0.3 is 0 Å². The first kappa shape index (κ1) is 13.6. The molecule has 100 valence electrons. The monoisotopic (exact) mass is 245 g/mol. The van der Waals surface area contributed by atoms with Gasteiger partial charge in [0.25, 0.3) is 0 Å². The highest BCUT2D eigenvalue weighted by molar-refractivity contribution is 5.32. The summed E-state index contributed by atoms with van der Waals surface area (Å²) >= 11 is 0. The van der Waals surface area contributed by atoms with Crippen LogP contribution in [-0.2, 0) is 6.42 Å². The highest BCUT2D eigenvalue weighted by atomic mass is 14.9. The molecule has 1 aliphatic carbocycles. The van der Waals surface area contributed by atoms with E-state index in [1.165, 1.54) is 58.0 Å². The SMILES string of the molecule is CCCCCCNCC1CCCc2ccccc21. The predicted molar refractivity (Wildman–Crippen MR) is 79.1 cm³/mol. The second kappa shape index (κ2) is 7.58. The Bertz CT molecular complexity index is 345. The Morgan fingerprint density at radius 1 is 1.17 bits per heavy atom. The Morgan fingerprint density at radius 2 is 2.06 bits per heavy atom. The number of nitrogens with one attached hydrogen (secondary N) is 1. The molecule has 0 bridgehead atoms. The van der Waals surface area contributed by atoms with Crippen molar-refractivity contribution in [1.82, 2.24) is 5.32 Å². The van der Waals surface area contributed by atoms with E-state index in [2.05, 4.69) is 36.5 Å². The van der Waals surface area contributed by atoms with Gasteiger partial charge in [0.15, 0.2) is 0 Å². The summed E-state index contributed by atoms with van der Waals surface area (Å²) in [5.74, 6) is 0.751. The van der Waals surface area contributed by atoms with E-state index in [9.17, 15) is 0 Å². The highest BCUT2D eigenvalue weighted by Gasteiger charge is 2.18. The molecule has 1 atom stereocenters. The molecule has 0 fully saturated rings. The molecule has 0 radical (unpaired) electrons. The van der Waals surface area contributed by atoms with Crippen LogP contribution in [0.25, 0.3) is 0 Å². The molecule has 0 amide bonds. The van der Waals surface area contributed by atoms with Gasteiger partial charge in [-0.05, 0) is 49.3 Å². The van der Waals surface area contributed by atoms with Gasteiger partial charge in [-0.25, -0.2) is 0 Å². The van der Waals surface area contributed by atoms with Crippen molar-refractivity contribution in [3.63, 3.8) is 0 Å². The van der Waals surface area contributed by atoms with Crippen LogP contribution in [0.1, 0.15) is 62.5 Å². The van der Waals surface area contributed by atoms with Crippen LogP contribution in [-0.4, -0.2) is 13.1 Å². The lowest BCUT2D eigenvalue weighted by Gasteiger charge is -2.25. The van der Waals surface area contributed by atoms with Crippen molar-refractivity contribution in [2.45, 2.75) is 57.8 Å². The first-order chi connectivity index (χ1) is 8.92. The van der Waals surface area contributed by atoms with Crippen LogP contribution in [0.4, 0.5) is 0 Å². The summed E-state index contributed by atoms with van der Waals surface area (Å²) < 4.78 is 0. The Kier molecular flexibility index (Phi) is 5.73. The lowest BCUT2D eigenvalue weighted by molar-refractivity contribution is 0.497. The number of fused-ring (bicyclic) bond motifs is 1. The average molecular weight is 245 g/mol. The minimum Gasteiger partial charge on any atom is -0.316 e. The van der Waals surface area contributed by atoms with E-state index < -0.39 is 0 Å². The van der Waals surface area contributed by atoms with Crippen molar-refractivity contribution in [3.8, 4) is 0 Å². The van der Waals surface area contributed by atoms with Gasteiger partial charge in [-0.15, -0.1) is 0 Å². The maximum atomic E-state index is 3.65. The molecule has 1 nitrogen and oxygen atoms in total. The average Bonchev–Trinajstić information content (AvgIpc) is 2.43. The van der Waals surface area contributed by atoms with Gasteiger partial charge in [0, 0.05) is 6.54 Å². The van der Waals surface area contributed by atoms with Crippen LogP contribution < -0.4 is 5.32 Å². The van der Waals surface area contributed by atoms with Crippen molar-refractivity contribution in [3.05, 3.63) is 35.4 Å². The normalized spacial score (nSPS) is 18.6. The molecule has 1 N–H and O–H groups in total. The minimum atomic E-state index is 0.751. The van der Waals surface area contributed by atoms with Crippen LogP contribution in [0.5, 0.6) is 0 Å². The zero-order valence-electron chi connectivity index (χ0n) is 11.8. The van der Waals surface area contributed by atoms with Gasteiger partial charge in [-0.1, -0.05) is 50.5 Å². The Balaban J connectivity index is 1.74. The second-order valence-electron chi connectivity index (χ2n) is 5.55. The molecule has 0 saturated carbocycles. The molecule has 1 aromatic rings. The fourth-order valence-corrected chi connectivity index (χ4v) is 3.02. The summed E-state index contributed by atoms with van der Waals surface area (Å²) in [5.41, 5.74) is 3.19. The summed E-state index contributed by atoms with van der Waals surface area (Å²) in [7, 11) is 0. The maximum Gasteiger partial charge on any atom is 0.00202 e. The number of aryl methyl sites for hydroxylation is 1. The summed E-state index contributed by atoms with van der Waals surface area (Å²) in [6.45, 7) is 4.63. The molecule has 1 aromatic carbocycles. The topological polar surface area (TPSA) is 12.0 Å². The van der Waals surface area contributed by atoms with E-state index in [0.717, 1.165) is 5.92 Å². The third kappa shape index (κ3) is 3.84. The van der Waals surface area contributed by atoms with Gasteiger partial charge in [-0.2, -0.15) is 0 Å². The van der Waals surface area contributed by atoms with E-state index in [1.54, 1.807) is 11.1 Å². The van der Waals surface area contributed by atoms with Gasteiger partial charge in [0.1, 0.15) is 0 Å². The molecule has 1 heteroatoms. The standard InChI is InChI=1S/C17H27N/c1-2-3-4-7-13-18-14-16-11-8-10-15-9-5-6-12-17(15)16/h5-6,9,12,16,18H,2-4,7-8,10-11,13-14H2,1H3. The molecule has 0 aliphatic heterocycles. The molecule has 18 heavy (non-hydrogen) atoms. The lowest BCUT2D eigenvalue weighted by Crippen LogP contribution is -2.25. The van der Waals surface area contributed by atoms with Crippen LogP contribution in [0.2, 0.25) is 0 Å². The van der Waals surface area contributed by atoms with Crippen molar-refractivity contribution < 1.29 is 0 Å². The smallest absolute Gasteiger partial charge is 0.00202 e. The fourth-order valence-electron chi connectivity index (χ4n) is 3.02. The second-order valence-corrected chi connectivity index (χ2v) is 5.55. The summed E-state index contributed by atoms with van der Waals surface area (Å²) in [5, 5.41) is 3.65. The minimum absolute atomic E-state index is 0.751. The molecule has 1 unspecified atom stereocenters. The van der Waals surface area contributed by atoms with Gasteiger partial charge in [0.2, 0.25) is 0 Å². The van der Waals surface area contributed by atoms with Crippen molar-refractivity contribution in [2.75, 3.05) is 13.1 Å². The Hall–Kier alpha value is -0.820. The van der Waals surface area contributed by atoms with Gasteiger partial charge in [0.05, 0.1) is 0 Å². The third-order valence-electron chi connectivity index (χ3n) is 4.09. The number of unbranched alkanes of at least 4 members (excludes halogenated alkanes) is 3. The first-order valence-corrected chi connectivity index (χ1v) is 7.70. The molecule has 2 rings (SSSR count). The zero-order chi connectivity index (χ0) is 12.6. The largest absolute Gasteiger partial charge is 0.316 e. The lowest BCUT2D eigenvalue weighted by atomic mass is 9.83.